The van der Waals surface area contributed by atoms with Crippen molar-refractivity contribution >= 4 is 11.9 Å². The summed E-state index contributed by atoms with van der Waals surface area (Å²) in [6, 6.07) is 0. The highest BCUT2D eigenvalue weighted by Crippen LogP contribution is 2.69. The van der Waals surface area contributed by atoms with E-state index < -0.39 is 0 Å². The minimum atomic E-state index is -0.388. The molecule has 0 aromatic rings. The van der Waals surface area contributed by atoms with Crippen LogP contribution in [0.25, 0.3) is 0 Å². The van der Waals surface area contributed by atoms with E-state index in [4.69, 9.17) is 9.47 Å². The van der Waals surface area contributed by atoms with Gasteiger partial charge in [0.1, 0.15) is 11.7 Å². The molecule has 29 heavy (non-hydrogen) atoms. The van der Waals surface area contributed by atoms with E-state index in [-0.39, 0.29) is 35.0 Å². The van der Waals surface area contributed by atoms with Crippen LogP contribution in [0.3, 0.4) is 0 Å². The van der Waals surface area contributed by atoms with Crippen LogP contribution in [-0.4, -0.2) is 23.6 Å². The van der Waals surface area contributed by atoms with Crippen LogP contribution in [0.5, 0.6) is 0 Å². The van der Waals surface area contributed by atoms with Gasteiger partial charge >= 0.3 is 11.9 Å². The summed E-state index contributed by atoms with van der Waals surface area (Å²) >= 11 is 0. The number of hydrogen-bond acceptors (Lipinski definition) is 4. The van der Waals surface area contributed by atoms with Crippen LogP contribution in [0, 0.1) is 46.8 Å². The van der Waals surface area contributed by atoms with E-state index >= 15 is 0 Å². The average molecular weight is 403 g/mol. The summed E-state index contributed by atoms with van der Waals surface area (Å²) in [5, 5.41) is 0. The van der Waals surface area contributed by atoms with Crippen molar-refractivity contribution in [2.24, 2.45) is 46.8 Å². The third kappa shape index (κ3) is 3.07. The number of fused-ring (bicyclic) bond motifs is 9. The van der Waals surface area contributed by atoms with Crippen molar-refractivity contribution < 1.29 is 19.1 Å². The zero-order chi connectivity index (χ0) is 20.6. The monoisotopic (exact) mass is 402 g/mol. The standard InChI is InChI=1S/C25H38O4/c1-5-24(2,3)23(27)28-19-13-15-12-18(19)21-14-10-16(20(15)21)17(11-14)22(26)29-25(4)8-6-7-9-25/h14-21H,5-13H2,1-4H3. The van der Waals surface area contributed by atoms with Gasteiger partial charge in [0.05, 0.1) is 11.3 Å². The first-order valence-corrected chi connectivity index (χ1v) is 12.2. The van der Waals surface area contributed by atoms with Gasteiger partial charge in [-0.1, -0.05) is 6.92 Å². The lowest BCUT2D eigenvalue weighted by Gasteiger charge is -2.41. The van der Waals surface area contributed by atoms with E-state index in [2.05, 4.69) is 13.8 Å². The van der Waals surface area contributed by atoms with Crippen LogP contribution < -0.4 is 0 Å². The summed E-state index contributed by atoms with van der Waals surface area (Å²) in [7, 11) is 0. The molecular formula is C25H38O4. The molecule has 162 valence electrons. The predicted octanol–water partition coefficient (Wildman–Crippen LogP) is 5.14. The van der Waals surface area contributed by atoms with Gasteiger partial charge in [0, 0.05) is 0 Å². The molecule has 0 aromatic heterocycles. The molecule has 0 aromatic carbocycles. The van der Waals surface area contributed by atoms with Crippen LogP contribution in [0.2, 0.25) is 0 Å². The van der Waals surface area contributed by atoms with Crippen molar-refractivity contribution in [2.45, 2.75) is 97.2 Å². The summed E-state index contributed by atoms with van der Waals surface area (Å²) in [4.78, 5) is 25.7. The van der Waals surface area contributed by atoms with Crippen molar-refractivity contribution in [1.82, 2.24) is 0 Å². The molecule has 0 spiro atoms. The first-order valence-electron chi connectivity index (χ1n) is 12.2. The van der Waals surface area contributed by atoms with Gasteiger partial charge in [-0.25, -0.2) is 0 Å². The zero-order valence-corrected chi connectivity index (χ0v) is 18.6. The Morgan fingerprint density at radius 1 is 0.966 bits per heavy atom. The number of carbonyl (C=O) groups is 2. The van der Waals surface area contributed by atoms with Crippen LogP contribution in [0.1, 0.15) is 85.5 Å². The van der Waals surface area contributed by atoms with E-state index in [0.29, 0.717) is 35.5 Å². The van der Waals surface area contributed by atoms with Crippen LogP contribution >= 0.6 is 0 Å². The Morgan fingerprint density at radius 2 is 1.59 bits per heavy atom. The van der Waals surface area contributed by atoms with Crippen LogP contribution in [0.15, 0.2) is 0 Å². The Hall–Kier alpha value is -1.06. The fraction of sp³-hybridized carbons (Fsp3) is 0.920. The molecule has 5 fully saturated rings. The Bertz CT molecular complexity index is 691. The molecule has 0 radical (unpaired) electrons. The molecule has 5 saturated carbocycles. The van der Waals surface area contributed by atoms with Gasteiger partial charge in [0.2, 0.25) is 0 Å². The molecule has 5 aliphatic rings. The maximum absolute atomic E-state index is 13.1. The van der Waals surface area contributed by atoms with Gasteiger partial charge in [-0.05, 0) is 114 Å². The largest absolute Gasteiger partial charge is 0.462 e. The Kier molecular flexibility index (Phi) is 4.61. The van der Waals surface area contributed by atoms with E-state index in [0.717, 1.165) is 32.1 Å². The Balaban J connectivity index is 1.24. The van der Waals surface area contributed by atoms with Crippen molar-refractivity contribution in [1.29, 1.82) is 0 Å². The van der Waals surface area contributed by atoms with Crippen molar-refractivity contribution in [3.8, 4) is 0 Å². The summed E-state index contributed by atoms with van der Waals surface area (Å²) in [6.45, 7) is 8.16. The van der Waals surface area contributed by atoms with E-state index in [9.17, 15) is 9.59 Å². The predicted molar refractivity (Wildman–Crippen MR) is 110 cm³/mol. The van der Waals surface area contributed by atoms with Crippen molar-refractivity contribution in [3.05, 3.63) is 0 Å². The summed E-state index contributed by atoms with van der Waals surface area (Å²) < 4.78 is 12.1. The van der Waals surface area contributed by atoms with E-state index in [1.165, 1.54) is 25.7 Å². The second kappa shape index (κ2) is 6.72. The van der Waals surface area contributed by atoms with E-state index in [1.807, 2.05) is 13.8 Å². The first kappa shape index (κ1) is 19.9. The lowest BCUT2D eigenvalue weighted by molar-refractivity contribution is -0.168. The molecule has 0 aliphatic heterocycles. The van der Waals surface area contributed by atoms with Gasteiger partial charge in [0.15, 0.2) is 0 Å². The maximum Gasteiger partial charge on any atom is 0.311 e. The van der Waals surface area contributed by atoms with E-state index in [1.54, 1.807) is 0 Å². The van der Waals surface area contributed by atoms with Gasteiger partial charge < -0.3 is 9.47 Å². The van der Waals surface area contributed by atoms with Crippen LogP contribution in [0.4, 0.5) is 0 Å². The summed E-state index contributed by atoms with van der Waals surface area (Å²) in [6.07, 6.45) is 9.76. The molecular weight excluding hydrogens is 364 g/mol. The second-order valence-electron chi connectivity index (χ2n) is 11.8. The third-order valence-electron chi connectivity index (χ3n) is 9.76. The highest BCUT2D eigenvalue weighted by atomic mass is 16.6. The summed E-state index contributed by atoms with van der Waals surface area (Å²) in [5.41, 5.74) is -0.598. The first-order chi connectivity index (χ1) is 13.7. The van der Waals surface area contributed by atoms with Crippen molar-refractivity contribution in [3.63, 3.8) is 0 Å². The molecule has 5 aliphatic carbocycles. The maximum atomic E-state index is 13.1. The third-order valence-corrected chi connectivity index (χ3v) is 9.76. The number of esters is 2. The lowest BCUT2D eigenvalue weighted by Crippen LogP contribution is -2.43. The minimum absolute atomic E-state index is 0.0245. The molecule has 0 N–H and O–H groups in total. The second-order valence-corrected chi connectivity index (χ2v) is 11.8. The van der Waals surface area contributed by atoms with Gasteiger partial charge in [-0.15, -0.1) is 0 Å². The molecule has 4 bridgehead atoms. The van der Waals surface area contributed by atoms with Crippen LogP contribution in [-0.2, 0) is 19.1 Å². The van der Waals surface area contributed by atoms with Gasteiger partial charge in [0.25, 0.3) is 0 Å². The normalized spacial score (nSPS) is 44.1. The zero-order valence-electron chi connectivity index (χ0n) is 18.6. The molecule has 8 unspecified atom stereocenters. The number of ether oxygens (including phenoxy) is 2. The fourth-order valence-corrected chi connectivity index (χ4v) is 7.93. The molecule has 4 heteroatoms. The fourth-order valence-electron chi connectivity index (χ4n) is 7.93. The smallest absolute Gasteiger partial charge is 0.311 e. The molecule has 5 rings (SSSR count). The lowest BCUT2D eigenvalue weighted by atomic mass is 9.66. The minimum Gasteiger partial charge on any atom is -0.462 e. The average Bonchev–Trinajstić information content (AvgIpc) is 3.46. The quantitative estimate of drug-likeness (QED) is 0.472. The van der Waals surface area contributed by atoms with Crippen molar-refractivity contribution in [2.75, 3.05) is 0 Å². The van der Waals surface area contributed by atoms with Gasteiger partial charge in [-0.3, -0.25) is 9.59 Å². The molecule has 4 nitrogen and oxygen atoms in total. The molecule has 0 saturated heterocycles. The SMILES string of the molecule is CCC(C)(C)C(=O)OC1CC2CC1C1C3CC(C(=O)OC4(C)CCCC4)C(C3)C21. The Labute approximate surface area is 175 Å². The molecule has 0 heterocycles. The number of hydrogen-bond donors (Lipinski definition) is 0. The number of carbonyl (C=O) groups excluding carboxylic acids is 2. The highest BCUT2D eigenvalue weighted by Gasteiger charge is 2.66. The molecule has 8 atom stereocenters. The number of rotatable bonds is 5. The summed E-state index contributed by atoms with van der Waals surface area (Å²) in [5.74, 6) is 3.85. The van der Waals surface area contributed by atoms with Gasteiger partial charge in [-0.2, -0.15) is 0 Å². The Morgan fingerprint density at radius 3 is 2.28 bits per heavy atom. The highest BCUT2D eigenvalue weighted by molar-refractivity contribution is 5.76. The topological polar surface area (TPSA) is 52.6 Å². The molecule has 0 amide bonds.